The minimum atomic E-state index is -1.22. The first kappa shape index (κ1) is 24.0. The van der Waals surface area contributed by atoms with Crippen molar-refractivity contribution >= 4 is 11.9 Å². The van der Waals surface area contributed by atoms with Crippen LogP contribution in [0, 0.1) is 13.8 Å². The van der Waals surface area contributed by atoms with Gasteiger partial charge in [0, 0.05) is 6.42 Å². The first-order chi connectivity index (χ1) is 16.9. The lowest BCUT2D eigenvalue weighted by Gasteiger charge is -2.35. The van der Waals surface area contributed by atoms with Crippen molar-refractivity contribution in [2.45, 2.75) is 31.7 Å². The van der Waals surface area contributed by atoms with E-state index < -0.39 is 17.4 Å². The summed E-state index contributed by atoms with van der Waals surface area (Å²) in [4.78, 5) is 26.8. The number of nitrogens with one attached hydrogen (secondary N) is 1. The third-order valence-electron chi connectivity index (χ3n) is 6.62. The van der Waals surface area contributed by atoms with Crippen LogP contribution in [-0.2, 0) is 21.4 Å². The van der Waals surface area contributed by atoms with Gasteiger partial charge in [-0.3, -0.25) is 4.79 Å². The van der Waals surface area contributed by atoms with Gasteiger partial charge in [0.1, 0.15) is 11.5 Å². The molecule has 0 bridgehead atoms. The van der Waals surface area contributed by atoms with Gasteiger partial charge in [0.2, 0.25) is 5.91 Å². The molecule has 35 heavy (non-hydrogen) atoms. The zero-order valence-corrected chi connectivity index (χ0v) is 19.9. The van der Waals surface area contributed by atoms with Crippen LogP contribution in [0.5, 0.6) is 0 Å². The molecule has 4 aromatic carbocycles. The van der Waals surface area contributed by atoms with Gasteiger partial charge in [0.05, 0.1) is 0 Å². The SMILES string of the molecule is Cc1cccc(C)c1C[C@H](NC(=O)C(c1ccccc1)(c1ccccc1)c1ccccc1)C(=O)O. The van der Waals surface area contributed by atoms with Gasteiger partial charge >= 0.3 is 5.97 Å². The highest BCUT2D eigenvalue weighted by atomic mass is 16.4. The fourth-order valence-electron chi connectivity index (χ4n) is 4.80. The van der Waals surface area contributed by atoms with Gasteiger partial charge < -0.3 is 10.4 Å². The molecule has 176 valence electrons. The molecule has 0 saturated carbocycles. The highest BCUT2D eigenvalue weighted by molar-refractivity contribution is 5.98. The Labute approximate surface area is 206 Å². The number of aryl methyl sites for hydroxylation is 2. The third-order valence-corrected chi connectivity index (χ3v) is 6.62. The Kier molecular flexibility index (Phi) is 7.11. The highest BCUT2D eigenvalue weighted by Crippen LogP contribution is 2.39. The maximum absolute atomic E-state index is 14.4. The summed E-state index contributed by atoms with van der Waals surface area (Å²) >= 11 is 0. The molecule has 1 atom stereocenters. The molecule has 0 aromatic heterocycles. The number of amides is 1. The predicted octanol–water partition coefficient (Wildman–Crippen LogP) is 5.45. The lowest BCUT2D eigenvalue weighted by Crippen LogP contribution is -2.52. The van der Waals surface area contributed by atoms with E-state index in [1.165, 1.54) is 0 Å². The molecular weight excluding hydrogens is 434 g/mol. The molecule has 0 aliphatic rings. The molecule has 0 heterocycles. The molecule has 4 heteroatoms. The van der Waals surface area contributed by atoms with Crippen LogP contribution in [0.3, 0.4) is 0 Å². The van der Waals surface area contributed by atoms with E-state index in [0.717, 1.165) is 33.4 Å². The zero-order chi connectivity index (χ0) is 24.8. The van der Waals surface area contributed by atoms with Crippen molar-refractivity contribution < 1.29 is 14.7 Å². The summed E-state index contributed by atoms with van der Waals surface area (Å²) in [6.45, 7) is 3.93. The Morgan fingerprint density at radius 3 is 1.46 bits per heavy atom. The van der Waals surface area contributed by atoms with E-state index in [0.29, 0.717) is 0 Å². The summed E-state index contributed by atoms with van der Waals surface area (Å²) in [6.07, 6.45) is 0.202. The van der Waals surface area contributed by atoms with E-state index >= 15 is 0 Å². The predicted molar refractivity (Wildman–Crippen MR) is 138 cm³/mol. The second kappa shape index (κ2) is 10.4. The summed E-state index contributed by atoms with van der Waals surface area (Å²) in [7, 11) is 0. The Bertz CT molecular complexity index is 1180. The average Bonchev–Trinajstić information content (AvgIpc) is 2.88. The summed E-state index contributed by atoms with van der Waals surface area (Å²) in [5.41, 5.74) is 4.03. The Balaban J connectivity index is 1.86. The molecule has 1 amide bonds. The topological polar surface area (TPSA) is 66.4 Å². The lowest BCUT2D eigenvalue weighted by atomic mass is 9.68. The molecule has 0 fully saturated rings. The number of hydrogen-bond acceptors (Lipinski definition) is 2. The van der Waals surface area contributed by atoms with Crippen LogP contribution in [0.4, 0.5) is 0 Å². The molecule has 4 rings (SSSR count). The van der Waals surface area contributed by atoms with Crippen LogP contribution in [0.1, 0.15) is 33.4 Å². The van der Waals surface area contributed by atoms with Crippen LogP contribution in [0.25, 0.3) is 0 Å². The molecule has 0 aliphatic heterocycles. The normalized spacial score (nSPS) is 12.1. The number of carbonyl (C=O) groups is 2. The highest BCUT2D eigenvalue weighted by Gasteiger charge is 2.45. The third kappa shape index (κ3) is 4.73. The fourth-order valence-corrected chi connectivity index (χ4v) is 4.80. The smallest absolute Gasteiger partial charge is 0.326 e. The first-order valence-corrected chi connectivity index (χ1v) is 11.7. The van der Waals surface area contributed by atoms with Crippen LogP contribution < -0.4 is 5.32 Å². The minimum Gasteiger partial charge on any atom is -0.480 e. The van der Waals surface area contributed by atoms with Crippen molar-refractivity contribution in [2.75, 3.05) is 0 Å². The van der Waals surface area contributed by atoms with E-state index in [4.69, 9.17) is 0 Å². The van der Waals surface area contributed by atoms with Gasteiger partial charge in [-0.1, -0.05) is 109 Å². The summed E-state index contributed by atoms with van der Waals surface area (Å²) < 4.78 is 0. The average molecular weight is 464 g/mol. The molecule has 0 spiro atoms. The van der Waals surface area contributed by atoms with Crippen molar-refractivity contribution in [1.29, 1.82) is 0 Å². The number of aliphatic carboxylic acids is 1. The molecular formula is C31H29NO3. The molecule has 0 aliphatic carbocycles. The van der Waals surface area contributed by atoms with Crippen molar-refractivity contribution in [3.05, 3.63) is 143 Å². The molecule has 4 aromatic rings. The van der Waals surface area contributed by atoms with Gasteiger partial charge in [-0.05, 0) is 47.2 Å². The molecule has 0 unspecified atom stereocenters. The number of benzene rings is 4. The Morgan fingerprint density at radius 2 is 1.09 bits per heavy atom. The van der Waals surface area contributed by atoms with Gasteiger partial charge in [-0.2, -0.15) is 0 Å². The lowest BCUT2D eigenvalue weighted by molar-refractivity contribution is -0.142. The van der Waals surface area contributed by atoms with Crippen molar-refractivity contribution in [3.63, 3.8) is 0 Å². The van der Waals surface area contributed by atoms with Crippen molar-refractivity contribution in [3.8, 4) is 0 Å². The van der Waals surface area contributed by atoms with E-state index in [1.807, 2.05) is 123 Å². The quantitative estimate of drug-likeness (QED) is 0.342. The number of carboxylic acid groups (broad SMARTS) is 1. The standard InChI is InChI=1S/C31H29NO3/c1-22-13-12-14-23(2)27(22)21-28(29(33)34)32-30(35)31(24-15-6-3-7-16-24,25-17-8-4-9-18-25)26-19-10-5-11-20-26/h3-20,28H,21H2,1-2H3,(H,32,35)(H,33,34)/t28-/m0/s1. The van der Waals surface area contributed by atoms with Crippen molar-refractivity contribution in [2.24, 2.45) is 0 Å². The molecule has 4 nitrogen and oxygen atoms in total. The molecule has 2 N–H and O–H groups in total. The van der Waals surface area contributed by atoms with Gasteiger partial charge in [-0.15, -0.1) is 0 Å². The summed E-state index contributed by atoms with van der Waals surface area (Å²) in [5, 5.41) is 13.0. The van der Waals surface area contributed by atoms with E-state index in [1.54, 1.807) is 0 Å². The Morgan fingerprint density at radius 1 is 0.686 bits per heavy atom. The number of carboxylic acids is 1. The molecule has 0 saturated heterocycles. The largest absolute Gasteiger partial charge is 0.480 e. The first-order valence-electron chi connectivity index (χ1n) is 11.7. The second-order valence-corrected chi connectivity index (χ2v) is 8.79. The van der Waals surface area contributed by atoms with Gasteiger partial charge in [0.25, 0.3) is 0 Å². The van der Waals surface area contributed by atoms with Crippen molar-refractivity contribution in [1.82, 2.24) is 5.32 Å². The van der Waals surface area contributed by atoms with Crippen LogP contribution in [-0.4, -0.2) is 23.0 Å². The fraction of sp³-hybridized carbons (Fsp3) is 0.161. The monoisotopic (exact) mass is 463 g/mol. The minimum absolute atomic E-state index is 0.202. The van der Waals surface area contributed by atoms with Crippen LogP contribution in [0.2, 0.25) is 0 Å². The zero-order valence-electron chi connectivity index (χ0n) is 19.9. The van der Waals surface area contributed by atoms with Crippen LogP contribution >= 0.6 is 0 Å². The van der Waals surface area contributed by atoms with Gasteiger partial charge in [0.15, 0.2) is 0 Å². The maximum atomic E-state index is 14.4. The molecule has 0 radical (unpaired) electrons. The van der Waals surface area contributed by atoms with E-state index in [2.05, 4.69) is 5.32 Å². The van der Waals surface area contributed by atoms with E-state index in [9.17, 15) is 14.7 Å². The van der Waals surface area contributed by atoms with E-state index in [-0.39, 0.29) is 12.3 Å². The number of carbonyl (C=O) groups excluding carboxylic acids is 1. The second-order valence-electron chi connectivity index (χ2n) is 8.79. The number of rotatable bonds is 8. The number of hydrogen-bond donors (Lipinski definition) is 2. The van der Waals surface area contributed by atoms with Crippen LogP contribution in [0.15, 0.2) is 109 Å². The maximum Gasteiger partial charge on any atom is 0.326 e. The summed E-state index contributed by atoms with van der Waals surface area (Å²) in [6, 6.07) is 33.4. The summed E-state index contributed by atoms with van der Waals surface area (Å²) in [5.74, 6) is -1.44. The Hall–Kier alpha value is -4.18. The van der Waals surface area contributed by atoms with Gasteiger partial charge in [-0.25, -0.2) is 4.79 Å².